The number of para-hydroxylation sites is 2. The van der Waals surface area contributed by atoms with Crippen molar-refractivity contribution in [1.82, 2.24) is 0 Å². The highest BCUT2D eigenvalue weighted by Gasteiger charge is 2.14. The monoisotopic (exact) mass is 432 g/mol. The fourth-order valence-corrected chi connectivity index (χ4v) is 3.12. The molecule has 0 fully saturated rings. The van der Waals surface area contributed by atoms with Crippen molar-refractivity contribution in [1.29, 1.82) is 0 Å². The average Bonchev–Trinajstić information content (AvgIpc) is 2.81. The van der Waals surface area contributed by atoms with E-state index in [0.29, 0.717) is 22.6 Å². The van der Waals surface area contributed by atoms with Gasteiger partial charge in [0, 0.05) is 6.07 Å². The van der Waals surface area contributed by atoms with Crippen LogP contribution in [0.1, 0.15) is 5.56 Å². The molecule has 0 saturated carbocycles. The van der Waals surface area contributed by atoms with Gasteiger partial charge in [0.25, 0.3) is 0 Å². The van der Waals surface area contributed by atoms with Gasteiger partial charge in [0.05, 0.1) is 26.0 Å². The number of methoxy groups -OCH3 is 2. The number of hydrogen-bond donors (Lipinski definition) is 0. The van der Waals surface area contributed by atoms with Crippen molar-refractivity contribution >= 4 is 16.9 Å². The maximum Gasteiger partial charge on any atom is 0.315 e. The maximum absolute atomic E-state index is 12.8. The van der Waals surface area contributed by atoms with E-state index < -0.39 is 5.97 Å². The Morgan fingerprint density at radius 1 is 0.844 bits per heavy atom. The van der Waals surface area contributed by atoms with Crippen molar-refractivity contribution in [3.63, 3.8) is 0 Å². The molecule has 0 aliphatic rings. The number of carbonyl (C=O) groups excluding carboxylic acids is 1. The molecule has 7 nitrogen and oxygen atoms in total. The summed E-state index contributed by atoms with van der Waals surface area (Å²) in [6.07, 6.45) is 1.32. The van der Waals surface area contributed by atoms with E-state index >= 15 is 0 Å². The normalized spacial score (nSPS) is 10.6. The van der Waals surface area contributed by atoms with Crippen LogP contribution in [0.2, 0.25) is 0 Å². The van der Waals surface area contributed by atoms with Gasteiger partial charge in [-0.15, -0.1) is 0 Å². The Hall–Kier alpha value is -4.26. The number of hydrogen-bond acceptors (Lipinski definition) is 7. The van der Waals surface area contributed by atoms with E-state index in [1.807, 2.05) is 0 Å². The standard InChI is InChI=1S/C25H20O7/c1-28-17-9-7-16(8-10-17)13-24(26)31-18-11-12-19-22(14-18)30-15-23(25(19)27)32-21-6-4-3-5-20(21)29-2/h3-12,14-15H,13H2,1-2H3. The van der Waals surface area contributed by atoms with Crippen molar-refractivity contribution < 1.29 is 28.2 Å². The summed E-state index contributed by atoms with van der Waals surface area (Å²) >= 11 is 0. The van der Waals surface area contributed by atoms with Gasteiger partial charge in [-0.25, -0.2) is 0 Å². The Morgan fingerprint density at radius 3 is 2.28 bits per heavy atom. The van der Waals surface area contributed by atoms with Crippen LogP contribution in [0.25, 0.3) is 11.0 Å². The van der Waals surface area contributed by atoms with Crippen molar-refractivity contribution in [3.8, 4) is 28.7 Å². The molecule has 3 aromatic carbocycles. The molecule has 4 aromatic rings. The third-order valence-corrected chi connectivity index (χ3v) is 4.74. The van der Waals surface area contributed by atoms with Gasteiger partial charge in [0.15, 0.2) is 11.5 Å². The minimum absolute atomic E-state index is 0.0197. The molecule has 0 saturated heterocycles. The summed E-state index contributed by atoms with van der Waals surface area (Å²) in [5.74, 6) is 1.45. The summed E-state index contributed by atoms with van der Waals surface area (Å²) in [4.78, 5) is 25.1. The number of esters is 1. The van der Waals surface area contributed by atoms with Gasteiger partial charge >= 0.3 is 5.97 Å². The molecule has 0 radical (unpaired) electrons. The lowest BCUT2D eigenvalue weighted by molar-refractivity contribution is -0.133. The Kier molecular flexibility index (Phi) is 6.07. The molecule has 162 valence electrons. The molecule has 0 unspecified atom stereocenters. The van der Waals surface area contributed by atoms with E-state index in [9.17, 15) is 9.59 Å². The maximum atomic E-state index is 12.8. The van der Waals surface area contributed by atoms with Crippen LogP contribution in [0.3, 0.4) is 0 Å². The second kappa shape index (κ2) is 9.26. The number of carbonyl (C=O) groups is 1. The lowest BCUT2D eigenvalue weighted by Crippen LogP contribution is -2.11. The van der Waals surface area contributed by atoms with Crippen LogP contribution in [-0.4, -0.2) is 20.2 Å². The topological polar surface area (TPSA) is 84.2 Å². The second-order valence-corrected chi connectivity index (χ2v) is 6.84. The first kappa shape index (κ1) is 21.0. The quantitative estimate of drug-likeness (QED) is 0.308. The first-order valence-corrected chi connectivity index (χ1v) is 9.77. The molecule has 0 amide bonds. The molecule has 32 heavy (non-hydrogen) atoms. The zero-order chi connectivity index (χ0) is 22.5. The van der Waals surface area contributed by atoms with Crippen LogP contribution in [-0.2, 0) is 11.2 Å². The number of rotatable bonds is 7. The molecular weight excluding hydrogens is 412 g/mol. The highest BCUT2D eigenvalue weighted by atomic mass is 16.5. The first-order chi connectivity index (χ1) is 15.6. The molecule has 0 spiro atoms. The van der Waals surface area contributed by atoms with E-state index in [1.165, 1.54) is 31.6 Å². The fraction of sp³-hybridized carbons (Fsp3) is 0.120. The van der Waals surface area contributed by atoms with Crippen LogP contribution in [0, 0.1) is 0 Å². The molecule has 1 heterocycles. The molecule has 0 aliphatic heterocycles. The summed E-state index contributed by atoms with van der Waals surface area (Å²) in [5, 5.41) is 0.298. The van der Waals surface area contributed by atoms with Crippen molar-refractivity contribution in [2.24, 2.45) is 0 Å². The number of benzene rings is 3. The Bertz CT molecular complexity index is 1310. The zero-order valence-corrected chi connectivity index (χ0v) is 17.5. The van der Waals surface area contributed by atoms with E-state index in [2.05, 4.69) is 0 Å². The van der Waals surface area contributed by atoms with Gasteiger partial charge in [0.1, 0.15) is 23.3 Å². The first-order valence-electron chi connectivity index (χ1n) is 9.77. The van der Waals surface area contributed by atoms with Crippen LogP contribution in [0.4, 0.5) is 0 Å². The summed E-state index contributed by atoms with van der Waals surface area (Å²) in [7, 11) is 3.09. The molecule has 1 aromatic heterocycles. The zero-order valence-electron chi connectivity index (χ0n) is 17.5. The van der Waals surface area contributed by atoms with Gasteiger partial charge in [-0.2, -0.15) is 0 Å². The van der Waals surface area contributed by atoms with Crippen LogP contribution in [0.15, 0.2) is 82.2 Å². The van der Waals surface area contributed by atoms with Crippen LogP contribution < -0.4 is 24.4 Å². The van der Waals surface area contributed by atoms with Crippen LogP contribution >= 0.6 is 0 Å². The summed E-state index contributed by atoms with van der Waals surface area (Å²) < 4.78 is 27.0. The smallest absolute Gasteiger partial charge is 0.315 e. The summed E-state index contributed by atoms with van der Waals surface area (Å²) in [5.41, 5.74) is 0.714. The number of ether oxygens (including phenoxy) is 4. The van der Waals surface area contributed by atoms with Gasteiger partial charge in [-0.3, -0.25) is 9.59 Å². The fourth-order valence-electron chi connectivity index (χ4n) is 3.12. The Morgan fingerprint density at radius 2 is 1.56 bits per heavy atom. The molecule has 0 aliphatic carbocycles. The van der Waals surface area contributed by atoms with Gasteiger partial charge < -0.3 is 23.4 Å². The predicted molar refractivity (Wildman–Crippen MR) is 118 cm³/mol. The highest BCUT2D eigenvalue weighted by molar-refractivity contribution is 5.81. The van der Waals surface area contributed by atoms with Gasteiger partial charge in [-0.05, 0) is 42.0 Å². The molecule has 0 atom stereocenters. The summed E-state index contributed by atoms with van der Waals surface area (Å²) in [6.45, 7) is 0. The minimum Gasteiger partial charge on any atom is -0.497 e. The van der Waals surface area contributed by atoms with Gasteiger partial charge in [0.2, 0.25) is 11.2 Å². The average molecular weight is 432 g/mol. The highest BCUT2D eigenvalue weighted by Crippen LogP contribution is 2.30. The summed E-state index contributed by atoms with van der Waals surface area (Å²) in [6, 6.07) is 18.7. The van der Waals surface area contributed by atoms with Crippen molar-refractivity contribution in [2.45, 2.75) is 6.42 Å². The van der Waals surface area contributed by atoms with E-state index in [4.69, 9.17) is 23.4 Å². The molecule has 0 N–H and O–H groups in total. The number of fused-ring (bicyclic) bond motifs is 1. The van der Waals surface area contributed by atoms with E-state index in [-0.39, 0.29) is 28.9 Å². The second-order valence-electron chi connectivity index (χ2n) is 6.84. The van der Waals surface area contributed by atoms with Crippen molar-refractivity contribution in [3.05, 3.63) is 88.8 Å². The molecular formula is C25H20O7. The third kappa shape index (κ3) is 4.57. The van der Waals surface area contributed by atoms with Crippen molar-refractivity contribution in [2.75, 3.05) is 14.2 Å². The Labute approximate surface area is 183 Å². The van der Waals surface area contributed by atoms with Crippen LogP contribution in [0.5, 0.6) is 28.7 Å². The SMILES string of the molecule is COc1ccc(CC(=O)Oc2ccc3c(=O)c(Oc4ccccc4OC)coc3c2)cc1. The Balaban J connectivity index is 1.51. The lowest BCUT2D eigenvalue weighted by Gasteiger charge is -2.10. The lowest BCUT2D eigenvalue weighted by atomic mass is 10.1. The largest absolute Gasteiger partial charge is 0.497 e. The van der Waals surface area contributed by atoms with Gasteiger partial charge in [-0.1, -0.05) is 24.3 Å². The minimum atomic E-state index is -0.437. The predicted octanol–water partition coefficient (Wildman–Crippen LogP) is 4.75. The molecule has 4 rings (SSSR count). The van der Waals surface area contributed by atoms with E-state index in [0.717, 1.165) is 5.56 Å². The third-order valence-electron chi connectivity index (χ3n) is 4.74. The van der Waals surface area contributed by atoms with E-state index in [1.54, 1.807) is 55.6 Å². The molecule has 0 bridgehead atoms. The molecule has 7 heteroatoms.